The summed E-state index contributed by atoms with van der Waals surface area (Å²) < 4.78 is 1.01. The van der Waals surface area contributed by atoms with Crippen LogP contribution in [0.2, 0.25) is 5.02 Å². The van der Waals surface area contributed by atoms with Gasteiger partial charge in [0.25, 0.3) is 0 Å². The second-order valence-corrected chi connectivity index (χ2v) is 5.88. The van der Waals surface area contributed by atoms with E-state index in [9.17, 15) is 4.79 Å². The molecule has 0 aliphatic heterocycles. The van der Waals surface area contributed by atoms with E-state index in [1.165, 1.54) is 6.08 Å². The molecular weight excluding hydrogens is 350 g/mol. The van der Waals surface area contributed by atoms with Gasteiger partial charge in [0, 0.05) is 21.3 Å². The molecule has 4 heteroatoms. The van der Waals surface area contributed by atoms with Crippen LogP contribution in [0.15, 0.2) is 53.0 Å². The van der Waals surface area contributed by atoms with Crippen molar-refractivity contribution < 1.29 is 4.79 Å². The average molecular weight is 365 g/mol. The minimum absolute atomic E-state index is 0.151. The van der Waals surface area contributed by atoms with Crippen molar-refractivity contribution in [2.24, 2.45) is 0 Å². The topological polar surface area (TPSA) is 29.1 Å². The van der Waals surface area contributed by atoms with E-state index in [4.69, 9.17) is 11.6 Å². The molecule has 0 saturated heterocycles. The summed E-state index contributed by atoms with van der Waals surface area (Å²) in [6, 6.07) is 13.1. The van der Waals surface area contributed by atoms with Crippen LogP contribution in [0.1, 0.15) is 18.1 Å². The van der Waals surface area contributed by atoms with Gasteiger partial charge in [0.1, 0.15) is 0 Å². The number of rotatable bonds is 4. The zero-order valence-corrected chi connectivity index (χ0v) is 13.9. The second-order valence-electron chi connectivity index (χ2n) is 4.53. The number of aryl methyl sites for hydroxylation is 1. The third-order valence-corrected chi connectivity index (χ3v) is 3.75. The molecule has 21 heavy (non-hydrogen) atoms. The number of anilines is 1. The molecule has 2 aromatic rings. The smallest absolute Gasteiger partial charge is 0.248 e. The van der Waals surface area contributed by atoms with E-state index in [0.29, 0.717) is 5.02 Å². The number of carbonyl (C=O) groups is 1. The largest absolute Gasteiger partial charge is 0.322 e. The Kier molecular flexibility index (Phi) is 5.59. The summed E-state index contributed by atoms with van der Waals surface area (Å²) in [7, 11) is 0. The molecule has 0 heterocycles. The first-order valence-electron chi connectivity index (χ1n) is 6.61. The van der Waals surface area contributed by atoms with Gasteiger partial charge in [-0.1, -0.05) is 46.6 Å². The maximum absolute atomic E-state index is 12.0. The summed E-state index contributed by atoms with van der Waals surface area (Å²) in [5.41, 5.74) is 2.87. The van der Waals surface area contributed by atoms with Crippen molar-refractivity contribution in [1.29, 1.82) is 0 Å². The predicted octanol–water partition coefficient (Wildman–Crippen LogP) is 5.32. The van der Waals surface area contributed by atoms with E-state index in [1.54, 1.807) is 18.2 Å². The first kappa shape index (κ1) is 15.8. The first-order chi connectivity index (χ1) is 10.1. The van der Waals surface area contributed by atoms with E-state index in [-0.39, 0.29) is 5.91 Å². The molecular formula is C17H15BrClNO. The molecule has 2 nitrogen and oxygen atoms in total. The predicted molar refractivity (Wildman–Crippen MR) is 92.6 cm³/mol. The number of hydrogen-bond donors (Lipinski definition) is 1. The van der Waals surface area contributed by atoms with Crippen molar-refractivity contribution in [2.45, 2.75) is 13.3 Å². The van der Waals surface area contributed by atoms with Gasteiger partial charge in [-0.25, -0.2) is 0 Å². The number of halogens is 2. The number of hydrogen-bond acceptors (Lipinski definition) is 1. The quantitative estimate of drug-likeness (QED) is 0.731. The van der Waals surface area contributed by atoms with Gasteiger partial charge in [0.2, 0.25) is 5.91 Å². The zero-order valence-electron chi connectivity index (χ0n) is 11.6. The number of benzene rings is 2. The fraction of sp³-hybridized carbons (Fsp3) is 0.118. The summed E-state index contributed by atoms with van der Waals surface area (Å²) in [5.74, 6) is -0.151. The molecule has 0 bridgehead atoms. The lowest BCUT2D eigenvalue weighted by molar-refractivity contribution is -0.111. The average Bonchev–Trinajstić information content (AvgIpc) is 2.48. The van der Waals surface area contributed by atoms with Crippen molar-refractivity contribution >= 4 is 45.2 Å². The zero-order chi connectivity index (χ0) is 15.2. The molecule has 0 unspecified atom stereocenters. The maximum Gasteiger partial charge on any atom is 0.248 e. The highest BCUT2D eigenvalue weighted by Crippen LogP contribution is 2.21. The Bertz CT molecular complexity index is 665. The third kappa shape index (κ3) is 4.73. The molecule has 0 aromatic heterocycles. The highest BCUT2D eigenvalue weighted by atomic mass is 79.9. The van der Waals surface area contributed by atoms with Crippen molar-refractivity contribution in [1.82, 2.24) is 0 Å². The lowest BCUT2D eigenvalue weighted by atomic mass is 10.1. The van der Waals surface area contributed by atoms with E-state index < -0.39 is 0 Å². The van der Waals surface area contributed by atoms with Crippen LogP contribution in [0.5, 0.6) is 0 Å². The Morgan fingerprint density at radius 3 is 2.62 bits per heavy atom. The second kappa shape index (κ2) is 7.43. The minimum Gasteiger partial charge on any atom is -0.322 e. The molecule has 2 rings (SSSR count). The molecule has 1 N–H and O–H groups in total. The Labute approximate surface area is 138 Å². The normalized spacial score (nSPS) is 10.8. The Balaban J connectivity index is 2.06. The van der Waals surface area contributed by atoms with Crippen LogP contribution in [-0.2, 0) is 11.2 Å². The van der Waals surface area contributed by atoms with Gasteiger partial charge < -0.3 is 5.32 Å². The fourth-order valence-electron chi connectivity index (χ4n) is 1.90. The van der Waals surface area contributed by atoms with Crippen LogP contribution >= 0.6 is 27.5 Å². The SMILES string of the molecule is CCc1cc(Br)ccc1NC(=O)/C=C/c1ccc(Cl)cc1. The molecule has 2 aromatic carbocycles. The van der Waals surface area contributed by atoms with Crippen LogP contribution in [0.4, 0.5) is 5.69 Å². The Morgan fingerprint density at radius 1 is 1.24 bits per heavy atom. The summed E-state index contributed by atoms with van der Waals surface area (Å²) in [6.07, 6.45) is 4.14. The summed E-state index contributed by atoms with van der Waals surface area (Å²) in [6.45, 7) is 2.06. The van der Waals surface area contributed by atoms with Crippen LogP contribution in [0.3, 0.4) is 0 Å². The van der Waals surface area contributed by atoms with Crippen molar-refractivity contribution in [3.63, 3.8) is 0 Å². The van der Waals surface area contributed by atoms with Crippen molar-refractivity contribution in [2.75, 3.05) is 5.32 Å². The van der Waals surface area contributed by atoms with E-state index in [1.807, 2.05) is 30.3 Å². The molecule has 0 radical (unpaired) electrons. The van der Waals surface area contributed by atoms with Crippen LogP contribution in [0.25, 0.3) is 6.08 Å². The molecule has 0 fully saturated rings. The van der Waals surface area contributed by atoms with Gasteiger partial charge >= 0.3 is 0 Å². The number of carbonyl (C=O) groups excluding carboxylic acids is 1. The third-order valence-electron chi connectivity index (χ3n) is 3.00. The minimum atomic E-state index is -0.151. The standard InChI is InChI=1S/C17H15BrClNO/c1-2-13-11-14(18)6-9-16(13)20-17(21)10-5-12-3-7-15(19)8-4-12/h3-11H,2H2,1H3,(H,20,21)/b10-5+. The molecule has 0 aliphatic rings. The van der Waals surface area contributed by atoms with Gasteiger partial charge in [-0.2, -0.15) is 0 Å². The number of amides is 1. The lowest BCUT2D eigenvalue weighted by Gasteiger charge is -2.08. The number of nitrogens with one attached hydrogen (secondary N) is 1. The molecule has 0 saturated carbocycles. The van der Waals surface area contributed by atoms with Crippen LogP contribution < -0.4 is 5.32 Å². The van der Waals surface area contributed by atoms with Crippen LogP contribution in [-0.4, -0.2) is 5.91 Å². The summed E-state index contributed by atoms with van der Waals surface area (Å²) >= 11 is 9.25. The highest BCUT2D eigenvalue weighted by Gasteiger charge is 2.04. The highest BCUT2D eigenvalue weighted by molar-refractivity contribution is 9.10. The fourth-order valence-corrected chi connectivity index (χ4v) is 2.43. The summed E-state index contributed by atoms with van der Waals surface area (Å²) in [5, 5.41) is 3.58. The lowest BCUT2D eigenvalue weighted by Crippen LogP contribution is -2.09. The van der Waals surface area contributed by atoms with Crippen molar-refractivity contribution in [3.05, 3.63) is 69.2 Å². The Hall–Kier alpha value is -1.58. The van der Waals surface area contributed by atoms with E-state index >= 15 is 0 Å². The van der Waals surface area contributed by atoms with Gasteiger partial charge in [-0.3, -0.25) is 4.79 Å². The maximum atomic E-state index is 12.0. The molecule has 108 valence electrons. The van der Waals surface area contributed by atoms with E-state index in [0.717, 1.165) is 27.7 Å². The molecule has 0 atom stereocenters. The van der Waals surface area contributed by atoms with Gasteiger partial charge in [-0.05, 0) is 54.0 Å². The van der Waals surface area contributed by atoms with Crippen LogP contribution in [0, 0.1) is 0 Å². The van der Waals surface area contributed by atoms with Gasteiger partial charge in [-0.15, -0.1) is 0 Å². The molecule has 0 spiro atoms. The Morgan fingerprint density at radius 2 is 1.95 bits per heavy atom. The first-order valence-corrected chi connectivity index (χ1v) is 7.78. The molecule has 0 aliphatic carbocycles. The van der Waals surface area contributed by atoms with Crippen molar-refractivity contribution in [3.8, 4) is 0 Å². The molecule has 1 amide bonds. The van der Waals surface area contributed by atoms with Gasteiger partial charge in [0.15, 0.2) is 0 Å². The van der Waals surface area contributed by atoms with Gasteiger partial charge in [0.05, 0.1) is 0 Å². The monoisotopic (exact) mass is 363 g/mol. The van der Waals surface area contributed by atoms with E-state index in [2.05, 4.69) is 28.2 Å². The summed E-state index contributed by atoms with van der Waals surface area (Å²) in [4.78, 5) is 12.0.